The Labute approximate surface area is 103 Å². The highest BCUT2D eigenvalue weighted by Gasteiger charge is 2.22. The third-order valence-corrected chi connectivity index (χ3v) is 2.89. The molecule has 0 amide bonds. The minimum Gasteiger partial charge on any atom is -0.384 e. The first-order chi connectivity index (χ1) is 8.19. The Balaban J connectivity index is 2.12. The average Bonchev–Trinajstić information content (AvgIpc) is 2.28. The Hall–Kier alpha value is -1.29. The van der Waals surface area contributed by atoms with Crippen LogP contribution in [0.4, 0.5) is 11.4 Å². The van der Waals surface area contributed by atoms with Crippen LogP contribution in [0.25, 0.3) is 0 Å². The molecule has 0 aliphatic carbocycles. The van der Waals surface area contributed by atoms with Crippen molar-refractivity contribution in [2.75, 3.05) is 29.9 Å². The zero-order valence-electron chi connectivity index (χ0n) is 10.8. The maximum atomic E-state index is 5.74. The highest BCUT2D eigenvalue weighted by molar-refractivity contribution is 5.55. The third kappa shape index (κ3) is 3.09. The van der Waals surface area contributed by atoms with E-state index < -0.39 is 0 Å². The van der Waals surface area contributed by atoms with Gasteiger partial charge in [-0.2, -0.15) is 0 Å². The molecule has 4 nitrogen and oxygen atoms in total. The SMILES string of the molecule is CCNc1cncc(N2CC(C)OC(C)C2)c1. The number of ether oxygens (including phenoxy) is 1. The molecule has 0 bridgehead atoms. The maximum Gasteiger partial charge on any atom is 0.0726 e. The van der Waals surface area contributed by atoms with Crippen LogP contribution < -0.4 is 10.2 Å². The molecule has 0 aromatic carbocycles. The van der Waals surface area contributed by atoms with Gasteiger partial charge in [-0.1, -0.05) is 0 Å². The molecule has 1 saturated heterocycles. The van der Waals surface area contributed by atoms with Crippen LogP contribution >= 0.6 is 0 Å². The second-order valence-corrected chi connectivity index (χ2v) is 4.62. The minimum absolute atomic E-state index is 0.279. The Morgan fingerprint density at radius 1 is 1.35 bits per heavy atom. The summed E-state index contributed by atoms with van der Waals surface area (Å²) in [4.78, 5) is 6.62. The molecule has 1 aromatic rings. The summed E-state index contributed by atoms with van der Waals surface area (Å²) in [6.45, 7) is 9.10. The fourth-order valence-corrected chi connectivity index (χ4v) is 2.29. The second kappa shape index (κ2) is 5.36. The number of hydrogen-bond donors (Lipinski definition) is 1. The molecule has 94 valence electrons. The lowest BCUT2D eigenvalue weighted by atomic mass is 10.2. The predicted molar refractivity (Wildman–Crippen MR) is 70.6 cm³/mol. The number of pyridine rings is 1. The molecule has 2 rings (SSSR count). The van der Waals surface area contributed by atoms with E-state index in [1.165, 1.54) is 5.69 Å². The summed E-state index contributed by atoms with van der Waals surface area (Å²) in [7, 11) is 0. The van der Waals surface area contributed by atoms with Crippen molar-refractivity contribution in [2.45, 2.75) is 33.0 Å². The van der Waals surface area contributed by atoms with Gasteiger partial charge < -0.3 is 15.0 Å². The highest BCUT2D eigenvalue weighted by atomic mass is 16.5. The third-order valence-electron chi connectivity index (χ3n) is 2.89. The predicted octanol–water partition coefficient (Wildman–Crippen LogP) is 2.13. The molecule has 1 aliphatic rings. The van der Waals surface area contributed by atoms with Gasteiger partial charge in [0.25, 0.3) is 0 Å². The molecule has 0 saturated carbocycles. The summed E-state index contributed by atoms with van der Waals surface area (Å²) in [5.41, 5.74) is 2.25. The number of nitrogens with one attached hydrogen (secondary N) is 1. The Kier molecular flexibility index (Phi) is 3.84. The zero-order chi connectivity index (χ0) is 12.3. The lowest BCUT2D eigenvalue weighted by molar-refractivity contribution is -0.00523. The lowest BCUT2D eigenvalue weighted by Crippen LogP contribution is -2.45. The van der Waals surface area contributed by atoms with Crippen molar-refractivity contribution < 1.29 is 4.74 Å². The largest absolute Gasteiger partial charge is 0.384 e. The van der Waals surface area contributed by atoms with Crippen molar-refractivity contribution in [3.05, 3.63) is 18.5 Å². The molecular formula is C13H21N3O. The van der Waals surface area contributed by atoms with E-state index in [0.29, 0.717) is 0 Å². The fourth-order valence-electron chi connectivity index (χ4n) is 2.29. The summed E-state index contributed by atoms with van der Waals surface area (Å²) < 4.78 is 5.74. The number of anilines is 2. The summed E-state index contributed by atoms with van der Waals surface area (Å²) in [5.74, 6) is 0. The fraction of sp³-hybridized carbons (Fsp3) is 0.615. The monoisotopic (exact) mass is 235 g/mol. The van der Waals surface area contributed by atoms with E-state index >= 15 is 0 Å². The first kappa shape index (κ1) is 12.2. The van der Waals surface area contributed by atoms with E-state index in [1.54, 1.807) is 0 Å². The van der Waals surface area contributed by atoms with Crippen molar-refractivity contribution >= 4 is 11.4 Å². The molecule has 0 spiro atoms. The van der Waals surface area contributed by atoms with Gasteiger partial charge in [-0.25, -0.2) is 0 Å². The molecule has 1 N–H and O–H groups in total. The topological polar surface area (TPSA) is 37.4 Å². The standard InChI is InChI=1S/C13H21N3O/c1-4-15-12-5-13(7-14-6-12)16-8-10(2)17-11(3)9-16/h5-7,10-11,15H,4,8-9H2,1-3H3. The molecule has 2 heterocycles. The van der Waals surface area contributed by atoms with Gasteiger partial charge in [0.05, 0.1) is 36.0 Å². The van der Waals surface area contributed by atoms with Crippen LogP contribution in [-0.2, 0) is 4.74 Å². The van der Waals surface area contributed by atoms with Gasteiger partial charge in [0.1, 0.15) is 0 Å². The highest BCUT2D eigenvalue weighted by Crippen LogP contribution is 2.22. The first-order valence-electron chi connectivity index (χ1n) is 6.28. The minimum atomic E-state index is 0.279. The van der Waals surface area contributed by atoms with E-state index in [-0.39, 0.29) is 12.2 Å². The number of rotatable bonds is 3. The van der Waals surface area contributed by atoms with Crippen molar-refractivity contribution in [2.24, 2.45) is 0 Å². The molecular weight excluding hydrogens is 214 g/mol. The molecule has 0 radical (unpaired) electrons. The first-order valence-corrected chi connectivity index (χ1v) is 6.28. The van der Waals surface area contributed by atoms with E-state index in [1.807, 2.05) is 12.4 Å². The van der Waals surface area contributed by atoms with Crippen molar-refractivity contribution in [3.8, 4) is 0 Å². The summed E-state index contributed by atoms with van der Waals surface area (Å²) in [6.07, 6.45) is 4.34. The van der Waals surface area contributed by atoms with Gasteiger partial charge in [-0.3, -0.25) is 4.98 Å². The van der Waals surface area contributed by atoms with Gasteiger partial charge in [0.15, 0.2) is 0 Å². The molecule has 2 unspecified atom stereocenters. The average molecular weight is 235 g/mol. The quantitative estimate of drug-likeness (QED) is 0.871. The van der Waals surface area contributed by atoms with Crippen LogP contribution in [0.1, 0.15) is 20.8 Å². The van der Waals surface area contributed by atoms with E-state index in [0.717, 1.165) is 25.3 Å². The molecule has 4 heteroatoms. The van der Waals surface area contributed by atoms with E-state index in [2.05, 4.69) is 42.0 Å². The molecule has 1 aliphatic heterocycles. The maximum absolute atomic E-state index is 5.74. The molecule has 1 aromatic heterocycles. The smallest absolute Gasteiger partial charge is 0.0726 e. The van der Waals surface area contributed by atoms with Crippen LogP contribution in [0.5, 0.6) is 0 Å². The normalized spacial score (nSPS) is 24.8. The number of morpholine rings is 1. The van der Waals surface area contributed by atoms with Crippen LogP contribution in [0.2, 0.25) is 0 Å². The second-order valence-electron chi connectivity index (χ2n) is 4.62. The van der Waals surface area contributed by atoms with Crippen LogP contribution in [0, 0.1) is 0 Å². The van der Waals surface area contributed by atoms with E-state index in [9.17, 15) is 0 Å². The van der Waals surface area contributed by atoms with Crippen molar-refractivity contribution in [3.63, 3.8) is 0 Å². The van der Waals surface area contributed by atoms with Gasteiger partial charge in [-0.15, -0.1) is 0 Å². The van der Waals surface area contributed by atoms with Crippen LogP contribution in [0.3, 0.4) is 0 Å². The Bertz CT molecular complexity index is 359. The van der Waals surface area contributed by atoms with Crippen LogP contribution in [0.15, 0.2) is 18.5 Å². The number of aromatic nitrogens is 1. The van der Waals surface area contributed by atoms with Gasteiger partial charge >= 0.3 is 0 Å². The van der Waals surface area contributed by atoms with Crippen molar-refractivity contribution in [1.82, 2.24) is 4.98 Å². The van der Waals surface area contributed by atoms with E-state index in [4.69, 9.17) is 4.74 Å². The summed E-state index contributed by atoms with van der Waals surface area (Å²) in [5, 5.41) is 3.29. The Morgan fingerprint density at radius 2 is 2.06 bits per heavy atom. The number of hydrogen-bond acceptors (Lipinski definition) is 4. The Morgan fingerprint density at radius 3 is 2.71 bits per heavy atom. The molecule has 1 fully saturated rings. The molecule has 17 heavy (non-hydrogen) atoms. The number of nitrogens with zero attached hydrogens (tertiary/aromatic N) is 2. The summed E-state index contributed by atoms with van der Waals surface area (Å²) >= 11 is 0. The van der Waals surface area contributed by atoms with Gasteiger partial charge in [0, 0.05) is 19.6 Å². The van der Waals surface area contributed by atoms with Gasteiger partial charge in [-0.05, 0) is 26.8 Å². The van der Waals surface area contributed by atoms with Crippen molar-refractivity contribution in [1.29, 1.82) is 0 Å². The molecule has 2 atom stereocenters. The zero-order valence-corrected chi connectivity index (χ0v) is 10.8. The van der Waals surface area contributed by atoms with Gasteiger partial charge in [0.2, 0.25) is 0 Å². The van der Waals surface area contributed by atoms with Crippen LogP contribution in [-0.4, -0.2) is 36.8 Å². The summed E-state index contributed by atoms with van der Waals surface area (Å²) in [6, 6.07) is 2.15. The lowest BCUT2D eigenvalue weighted by Gasteiger charge is -2.36.